The minimum atomic E-state index is -4.33. The summed E-state index contributed by atoms with van der Waals surface area (Å²) >= 11 is 0. The van der Waals surface area contributed by atoms with Gasteiger partial charge in [0, 0.05) is 12.2 Å². The maximum absolute atomic E-state index is 13.6. The smallest absolute Gasteiger partial charge is 0.246 e. The molecule has 1 heterocycles. The van der Waals surface area contributed by atoms with E-state index in [-0.39, 0.29) is 18.8 Å². The summed E-state index contributed by atoms with van der Waals surface area (Å²) in [5.41, 5.74) is 5.04. The molecule has 1 saturated heterocycles. The van der Waals surface area contributed by atoms with Gasteiger partial charge >= 0.3 is 0 Å². The molecular formula is C11H14F2N2O4S. The fourth-order valence-electron chi connectivity index (χ4n) is 1.77. The Labute approximate surface area is 114 Å². The summed E-state index contributed by atoms with van der Waals surface area (Å²) in [7, 11) is -4.33. The molecular weight excluding hydrogens is 294 g/mol. The Morgan fingerprint density at radius 2 is 1.95 bits per heavy atom. The molecule has 0 bridgehead atoms. The fourth-order valence-corrected chi connectivity index (χ4v) is 2.95. The Hall–Kier alpha value is -1.29. The molecule has 1 fully saturated rings. The molecule has 1 aromatic carbocycles. The predicted octanol–water partition coefficient (Wildman–Crippen LogP) is 0.241. The van der Waals surface area contributed by atoms with E-state index in [1.807, 2.05) is 0 Å². The number of sulfonamides is 1. The third-order valence-corrected chi connectivity index (χ3v) is 4.15. The Kier molecular flexibility index (Phi) is 4.53. The van der Waals surface area contributed by atoms with Crippen LogP contribution in [0, 0.1) is 11.6 Å². The van der Waals surface area contributed by atoms with E-state index in [1.54, 1.807) is 0 Å². The van der Waals surface area contributed by atoms with Crippen LogP contribution in [0.25, 0.3) is 0 Å². The number of ether oxygens (including phenoxy) is 2. The average Bonchev–Trinajstić information content (AvgIpc) is 2.36. The maximum atomic E-state index is 13.6. The first-order chi connectivity index (χ1) is 9.40. The lowest BCUT2D eigenvalue weighted by atomic mass is 10.3. The van der Waals surface area contributed by atoms with E-state index in [9.17, 15) is 17.2 Å². The van der Waals surface area contributed by atoms with E-state index in [1.165, 1.54) is 0 Å². The number of hydrogen-bond acceptors (Lipinski definition) is 5. The number of hydrogen-bond donors (Lipinski definition) is 2. The van der Waals surface area contributed by atoms with Gasteiger partial charge in [0.2, 0.25) is 10.0 Å². The molecule has 0 amide bonds. The van der Waals surface area contributed by atoms with Gasteiger partial charge in [0.25, 0.3) is 0 Å². The number of halogens is 2. The first-order valence-corrected chi connectivity index (χ1v) is 7.32. The molecule has 0 spiro atoms. The molecule has 1 aliphatic heterocycles. The molecule has 112 valence electrons. The summed E-state index contributed by atoms with van der Waals surface area (Å²) in [6, 6.07) is 1.50. The van der Waals surface area contributed by atoms with Crippen LogP contribution < -0.4 is 10.5 Å². The highest BCUT2D eigenvalue weighted by Gasteiger charge is 2.26. The second-order valence-corrected chi connectivity index (χ2v) is 5.94. The summed E-state index contributed by atoms with van der Waals surface area (Å²) in [5, 5.41) is 0. The number of anilines is 1. The van der Waals surface area contributed by atoms with Crippen LogP contribution in [0.2, 0.25) is 0 Å². The molecule has 6 nitrogen and oxygen atoms in total. The van der Waals surface area contributed by atoms with Crippen LogP contribution >= 0.6 is 0 Å². The van der Waals surface area contributed by atoms with Gasteiger partial charge in [0.05, 0.1) is 25.9 Å². The number of nitrogen functional groups attached to an aromatic ring is 1. The van der Waals surface area contributed by atoms with Gasteiger partial charge in [-0.25, -0.2) is 21.9 Å². The monoisotopic (exact) mass is 308 g/mol. The zero-order chi connectivity index (χ0) is 14.8. The Bertz CT molecular complexity index is 565. The molecule has 3 N–H and O–H groups in total. The van der Waals surface area contributed by atoms with Crippen molar-refractivity contribution in [1.82, 2.24) is 4.72 Å². The average molecular weight is 308 g/mol. The zero-order valence-electron chi connectivity index (χ0n) is 10.4. The molecule has 0 aliphatic carbocycles. The lowest BCUT2D eigenvalue weighted by molar-refractivity contribution is -0.0847. The minimum Gasteiger partial charge on any atom is -0.399 e. The summed E-state index contributed by atoms with van der Waals surface area (Å²) in [6.45, 7) is 0.863. The number of nitrogens with two attached hydrogens (primary N) is 1. The van der Waals surface area contributed by atoms with Crippen molar-refractivity contribution in [3.8, 4) is 0 Å². The number of benzene rings is 1. The predicted molar refractivity (Wildman–Crippen MR) is 66.5 cm³/mol. The summed E-state index contributed by atoms with van der Waals surface area (Å²) < 4.78 is 63.4. The molecule has 20 heavy (non-hydrogen) atoms. The van der Waals surface area contributed by atoms with Crippen LogP contribution in [0.15, 0.2) is 17.0 Å². The Morgan fingerprint density at radius 1 is 1.30 bits per heavy atom. The van der Waals surface area contributed by atoms with Crippen LogP contribution in [0.1, 0.15) is 0 Å². The third-order valence-electron chi connectivity index (χ3n) is 2.68. The van der Waals surface area contributed by atoms with Crippen molar-refractivity contribution in [1.29, 1.82) is 0 Å². The number of rotatable bonds is 4. The largest absolute Gasteiger partial charge is 0.399 e. The summed E-state index contributed by atoms with van der Waals surface area (Å²) in [4.78, 5) is -1.05. The van der Waals surface area contributed by atoms with Gasteiger partial charge in [-0.15, -0.1) is 0 Å². The molecule has 0 saturated carbocycles. The van der Waals surface area contributed by atoms with E-state index in [0.29, 0.717) is 13.2 Å². The second-order valence-electron chi connectivity index (χ2n) is 4.23. The van der Waals surface area contributed by atoms with Crippen LogP contribution in [-0.2, 0) is 19.5 Å². The molecule has 0 radical (unpaired) electrons. The standard InChI is InChI=1S/C11H14F2N2O4S/c12-9-3-7(14)4-10(13)11(9)20(16,17)15-5-8-6-18-1-2-19-8/h3-4,8,15H,1-2,5-6,14H2. The van der Waals surface area contributed by atoms with E-state index in [4.69, 9.17) is 15.2 Å². The molecule has 1 aromatic rings. The van der Waals surface area contributed by atoms with Crippen molar-refractivity contribution in [3.05, 3.63) is 23.8 Å². The van der Waals surface area contributed by atoms with Gasteiger partial charge in [-0.1, -0.05) is 0 Å². The highest BCUT2D eigenvalue weighted by atomic mass is 32.2. The highest BCUT2D eigenvalue weighted by molar-refractivity contribution is 7.89. The van der Waals surface area contributed by atoms with Gasteiger partial charge in [0.15, 0.2) is 4.90 Å². The van der Waals surface area contributed by atoms with E-state index in [2.05, 4.69) is 4.72 Å². The Balaban J connectivity index is 2.14. The van der Waals surface area contributed by atoms with E-state index >= 15 is 0 Å². The lowest BCUT2D eigenvalue weighted by Crippen LogP contribution is -2.40. The lowest BCUT2D eigenvalue weighted by Gasteiger charge is -2.23. The molecule has 2 rings (SSSR count). The normalized spacial score (nSPS) is 20.0. The highest BCUT2D eigenvalue weighted by Crippen LogP contribution is 2.21. The number of nitrogens with one attached hydrogen (secondary N) is 1. The first-order valence-electron chi connectivity index (χ1n) is 5.83. The fraction of sp³-hybridized carbons (Fsp3) is 0.455. The molecule has 1 aliphatic rings. The topological polar surface area (TPSA) is 90.7 Å². The van der Waals surface area contributed by atoms with Gasteiger partial charge in [0.1, 0.15) is 11.6 Å². The van der Waals surface area contributed by atoms with E-state index < -0.39 is 32.7 Å². The van der Waals surface area contributed by atoms with Gasteiger partial charge in [-0.05, 0) is 12.1 Å². The molecule has 1 atom stereocenters. The van der Waals surface area contributed by atoms with Gasteiger partial charge in [-0.2, -0.15) is 0 Å². The van der Waals surface area contributed by atoms with Crippen molar-refractivity contribution in [2.24, 2.45) is 0 Å². The third kappa shape index (κ3) is 3.42. The minimum absolute atomic E-state index is 0.133. The van der Waals surface area contributed by atoms with Crippen LogP contribution in [0.4, 0.5) is 14.5 Å². The summed E-state index contributed by atoms with van der Waals surface area (Å²) in [6.07, 6.45) is -0.488. The van der Waals surface area contributed by atoms with Crippen LogP contribution in [0.3, 0.4) is 0 Å². The second kappa shape index (κ2) is 6.00. The van der Waals surface area contributed by atoms with Crippen LogP contribution in [-0.4, -0.2) is 40.9 Å². The zero-order valence-corrected chi connectivity index (χ0v) is 11.3. The SMILES string of the molecule is Nc1cc(F)c(S(=O)(=O)NCC2COCCO2)c(F)c1. The van der Waals surface area contributed by atoms with Gasteiger partial charge in [-0.3, -0.25) is 0 Å². The van der Waals surface area contributed by atoms with Crippen molar-refractivity contribution >= 4 is 15.7 Å². The van der Waals surface area contributed by atoms with Crippen molar-refractivity contribution < 1.29 is 26.7 Å². The van der Waals surface area contributed by atoms with Crippen molar-refractivity contribution in [2.45, 2.75) is 11.0 Å². The first kappa shape index (κ1) is 15.1. The van der Waals surface area contributed by atoms with Crippen molar-refractivity contribution in [2.75, 3.05) is 32.1 Å². The maximum Gasteiger partial charge on any atom is 0.246 e. The molecule has 0 aromatic heterocycles. The summed E-state index contributed by atoms with van der Waals surface area (Å²) in [5.74, 6) is -2.48. The molecule has 9 heteroatoms. The Morgan fingerprint density at radius 3 is 2.50 bits per heavy atom. The molecule has 1 unspecified atom stereocenters. The van der Waals surface area contributed by atoms with Crippen LogP contribution in [0.5, 0.6) is 0 Å². The quantitative estimate of drug-likeness (QED) is 0.778. The van der Waals surface area contributed by atoms with Crippen molar-refractivity contribution in [3.63, 3.8) is 0 Å². The van der Waals surface area contributed by atoms with E-state index in [0.717, 1.165) is 12.1 Å². The van der Waals surface area contributed by atoms with Gasteiger partial charge < -0.3 is 15.2 Å².